The standard InChI is InChI=1S/C16H26N2O5/c1-12(19)17-7-4-2-3-5-14(20)18-9-13-10-23-8-6-16(13,11-18)15(21)22/h13H,2-11H2,1H3,(H,17,19)(H,21,22)/t13-,16+/m0/s1. The fourth-order valence-electron chi connectivity index (χ4n) is 3.49. The Balaban J connectivity index is 1.76. The van der Waals surface area contributed by atoms with Crippen molar-refractivity contribution in [2.45, 2.75) is 39.0 Å². The number of carboxylic acids is 1. The normalized spacial score (nSPS) is 26.7. The van der Waals surface area contributed by atoms with E-state index in [9.17, 15) is 19.5 Å². The van der Waals surface area contributed by atoms with Crippen LogP contribution in [0.3, 0.4) is 0 Å². The van der Waals surface area contributed by atoms with Gasteiger partial charge in [-0.05, 0) is 19.3 Å². The van der Waals surface area contributed by atoms with Crippen molar-refractivity contribution in [1.29, 1.82) is 0 Å². The molecule has 0 spiro atoms. The molecule has 2 fully saturated rings. The van der Waals surface area contributed by atoms with Crippen molar-refractivity contribution in [3.05, 3.63) is 0 Å². The van der Waals surface area contributed by atoms with Crippen LogP contribution in [0.15, 0.2) is 0 Å². The van der Waals surface area contributed by atoms with Crippen molar-refractivity contribution in [2.24, 2.45) is 11.3 Å². The van der Waals surface area contributed by atoms with Crippen molar-refractivity contribution in [1.82, 2.24) is 10.2 Å². The number of ether oxygens (including phenoxy) is 1. The maximum Gasteiger partial charge on any atom is 0.311 e. The summed E-state index contributed by atoms with van der Waals surface area (Å²) in [7, 11) is 0. The van der Waals surface area contributed by atoms with E-state index in [-0.39, 0.29) is 17.7 Å². The second-order valence-electron chi connectivity index (χ2n) is 6.55. The summed E-state index contributed by atoms with van der Waals surface area (Å²) in [5.74, 6) is -0.921. The van der Waals surface area contributed by atoms with Crippen LogP contribution < -0.4 is 5.32 Å². The van der Waals surface area contributed by atoms with Gasteiger partial charge in [-0.1, -0.05) is 6.42 Å². The molecule has 2 heterocycles. The van der Waals surface area contributed by atoms with Crippen molar-refractivity contribution in [3.63, 3.8) is 0 Å². The number of unbranched alkanes of at least 4 members (excludes halogenated alkanes) is 2. The predicted octanol–water partition coefficient (Wildman–Crippen LogP) is 0.633. The van der Waals surface area contributed by atoms with E-state index in [2.05, 4.69) is 5.32 Å². The van der Waals surface area contributed by atoms with Gasteiger partial charge in [-0.3, -0.25) is 14.4 Å². The third-order valence-electron chi connectivity index (χ3n) is 4.93. The Bertz CT molecular complexity index is 467. The minimum Gasteiger partial charge on any atom is -0.481 e. The van der Waals surface area contributed by atoms with Crippen LogP contribution in [0, 0.1) is 11.3 Å². The van der Waals surface area contributed by atoms with Crippen LogP contribution in [0.2, 0.25) is 0 Å². The fraction of sp³-hybridized carbons (Fsp3) is 0.812. The maximum absolute atomic E-state index is 12.3. The minimum absolute atomic E-state index is 0.0274. The molecule has 0 aromatic rings. The molecule has 0 saturated carbocycles. The SMILES string of the molecule is CC(=O)NCCCCCC(=O)N1C[C@H]2COCC[C@@]2(C(=O)O)C1. The van der Waals surface area contributed by atoms with Gasteiger partial charge in [0.05, 0.1) is 12.0 Å². The van der Waals surface area contributed by atoms with Gasteiger partial charge >= 0.3 is 5.97 Å². The lowest BCUT2D eigenvalue weighted by atomic mass is 9.74. The number of rotatable bonds is 7. The number of likely N-dealkylation sites (tertiary alicyclic amines) is 1. The first-order valence-electron chi connectivity index (χ1n) is 8.29. The van der Waals surface area contributed by atoms with Crippen molar-refractivity contribution < 1.29 is 24.2 Å². The molecular formula is C16H26N2O5. The highest BCUT2D eigenvalue weighted by Gasteiger charge is 2.54. The first kappa shape index (κ1) is 17.7. The van der Waals surface area contributed by atoms with E-state index in [1.54, 1.807) is 4.90 Å². The molecule has 130 valence electrons. The quantitative estimate of drug-likeness (QED) is 0.669. The summed E-state index contributed by atoms with van der Waals surface area (Å²) >= 11 is 0. The van der Waals surface area contributed by atoms with Gasteiger partial charge in [0.15, 0.2) is 0 Å². The zero-order valence-corrected chi connectivity index (χ0v) is 13.7. The number of aliphatic carboxylic acids is 1. The van der Waals surface area contributed by atoms with Gasteiger partial charge < -0.3 is 20.1 Å². The number of fused-ring (bicyclic) bond motifs is 1. The van der Waals surface area contributed by atoms with Gasteiger partial charge in [0.25, 0.3) is 0 Å². The smallest absolute Gasteiger partial charge is 0.311 e. The number of carboxylic acid groups (broad SMARTS) is 1. The number of nitrogens with one attached hydrogen (secondary N) is 1. The molecule has 7 nitrogen and oxygen atoms in total. The van der Waals surface area contributed by atoms with E-state index in [1.165, 1.54) is 6.92 Å². The summed E-state index contributed by atoms with van der Waals surface area (Å²) in [6, 6.07) is 0. The van der Waals surface area contributed by atoms with Crippen LogP contribution in [-0.2, 0) is 19.1 Å². The summed E-state index contributed by atoms with van der Waals surface area (Å²) in [5.41, 5.74) is -0.820. The van der Waals surface area contributed by atoms with Gasteiger partial charge in [0, 0.05) is 45.5 Å². The molecule has 0 aromatic heterocycles. The fourth-order valence-corrected chi connectivity index (χ4v) is 3.49. The number of nitrogens with zero attached hydrogens (tertiary/aromatic N) is 1. The lowest BCUT2D eigenvalue weighted by Gasteiger charge is -2.33. The van der Waals surface area contributed by atoms with Gasteiger partial charge in [-0.15, -0.1) is 0 Å². The van der Waals surface area contributed by atoms with E-state index in [0.717, 1.165) is 19.3 Å². The van der Waals surface area contributed by atoms with Crippen LogP contribution in [0.4, 0.5) is 0 Å². The predicted molar refractivity (Wildman–Crippen MR) is 82.7 cm³/mol. The van der Waals surface area contributed by atoms with Crippen molar-refractivity contribution >= 4 is 17.8 Å². The molecule has 2 N–H and O–H groups in total. The van der Waals surface area contributed by atoms with Gasteiger partial charge in [0.2, 0.25) is 11.8 Å². The minimum atomic E-state index is -0.820. The second-order valence-corrected chi connectivity index (χ2v) is 6.55. The number of amides is 2. The zero-order chi connectivity index (χ0) is 16.9. The number of hydrogen-bond acceptors (Lipinski definition) is 4. The summed E-state index contributed by atoms with van der Waals surface area (Å²) in [6.45, 7) is 3.78. The highest BCUT2D eigenvalue weighted by molar-refractivity contribution is 5.81. The third kappa shape index (κ3) is 4.22. The summed E-state index contributed by atoms with van der Waals surface area (Å²) in [6.07, 6.45) is 3.39. The molecule has 0 aromatic carbocycles. The van der Waals surface area contributed by atoms with Gasteiger partial charge in [-0.2, -0.15) is 0 Å². The molecular weight excluding hydrogens is 300 g/mol. The van der Waals surface area contributed by atoms with Gasteiger partial charge in [-0.25, -0.2) is 0 Å². The molecule has 7 heteroatoms. The highest BCUT2D eigenvalue weighted by atomic mass is 16.5. The molecule has 2 saturated heterocycles. The van der Waals surface area contributed by atoms with E-state index in [0.29, 0.717) is 45.7 Å². The van der Waals surface area contributed by atoms with E-state index >= 15 is 0 Å². The van der Waals surface area contributed by atoms with Crippen LogP contribution in [0.1, 0.15) is 39.0 Å². The van der Waals surface area contributed by atoms with Crippen LogP contribution in [0.5, 0.6) is 0 Å². The first-order chi connectivity index (χ1) is 11.0. The maximum atomic E-state index is 12.3. The molecule has 0 bridgehead atoms. The molecule has 23 heavy (non-hydrogen) atoms. The number of hydrogen-bond donors (Lipinski definition) is 2. The lowest BCUT2D eigenvalue weighted by molar-refractivity contribution is -0.157. The van der Waals surface area contributed by atoms with Crippen LogP contribution in [0.25, 0.3) is 0 Å². The van der Waals surface area contributed by atoms with E-state index in [1.807, 2.05) is 0 Å². The van der Waals surface area contributed by atoms with E-state index < -0.39 is 11.4 Å². The largest absolute Gasteiger partial charge is 0.481 e. The molecule has 2 aliphatic heterocycles. The van der Waals surface area contributed by atoms with Crippen molar-refractivity contribution in [3.8, 4) is 0 Å². The van der Waals surface area contributed by atoms with E-state index in [4.69, 9.17) is 4.74 Å². The molecule has 2 amide bonds. The monoisotopic (exact) mass is 326 g/mol. The molecule has 2 rings (SSSR count). The number of carbonyl (C=O) groups excluding carboxylic acids is 2. The Morgan fingerprint density at radius 2 is 2.09 bits per heavy atom. The highest BCUT2D eigenvalue weighted by Crippen LogP contribution is 2.42. The first-order valence-corrected chi connectivity index (χ1v) is 8.29. The molecule has 0 radical (unpaired) electrons. The topological polar surface area (TPSA) is 95.9 Å². The third-order valence-corrected chi connectivity index (χ3v) is 4.93. The average Bonchev–Trinajstić information content (AvgIpc) is 2.91. The number of carbonyl (C=O) groups is 3. The van der Waals surface area contributed by atoms with Gasteiger partial charge in [0.1, 0.15) is 0 Å². The Kier molecular flexibility index (Phi) is 5.98. The Labute approximate surface area is 136 Å². The van der Waals surface area contributed by atoms with Crippen LogP contribution >= 0.6 is 0 Å². The summed E-state index contributed by atoms with van der Waals surface area (Å²) in [5, 5.41) is 12.3. The Morgan fingerprint density at radius 3 is 2.74 bits per heavy atom. The van der Waals surface area contributed by atoms with Crippen LogP contribution in [-0.4, -0.2) is 60.6 Å². The molecule has 0 aliphatic carbocycles. The lowest BCUT2D eigenvalue weighted by Crippen LogP contribution is -2.45. The zero-order valence-electron chi connectivity index (χ0n) is 13.7. The molecule has 2 atom stereocenters. The summed E-state index contributed by atoms with van der Waals surface area (Å²) < 4.78 is 5.40. The van der Waals surface area contributed by atoms with Crippen molar-refractivity contribution in [2.75, 3.05) is 32.8 Å². The molecule has 0 unspecified atom stereocenters. The average molecular weight is 326 g/mol. The Hall–Kier alpha value is -1.63. The summed E-state index contributed by atoms with van der Waals surface area (Å²) in [4.78, 5) is 36.4. The molecule has 2 aliphatic rings. The second kappa shape index (κ2) is 7.77. The Morgan fingerprint density at radius 1 is 1.30 bits per heavy atom.